The van der Waals surface area contributed by atoms with Gasteiger partial charge in [-0.2, -0.15) is 5.10 Å². The first-order valence-electron chi connectivity index (χ1n) is 8.67. The number of hydrogen-bond donors (Lipinski definition) is 1. The Morgan fingerprint density at radius 2 is 1.77 bits per heavy atom. The summed E-state index contributed by atoms with van der Waals surface area (Å²) in [5.41, 5.74) is 3.78. The Labute approximate surface area is 182 Å². The average Bonchev–Trinajstić information content (AvgIpc) is 2.74. The summed E-state index contributed by atoms with van der Waals surface area (Å²) in [5.74, 6) is 0.0912. The van der Waals surface area contributed by atoms with Crippen LogP contribution in [0.2, 0.25) is 10.0 Å². The van der Waals surface area contributed by atoms with Crippen LogP contribution in [0.1, 0.15) is 21.5 Å². The Hall–Kier alpha value is -3.42. The Morgan fingerprint density at radius 1 is 1.07 bits per heavy atom. The third-order valence-electron chi connectivity index (χ3n) is 3.98. The van der Waals surface area contributed by atoms with Crippen molar-refractivity contribution >= 4 is 41.0 Å². The van der Waals surface area contributed by atoms with Gasteiger partial charge in [0.2, 0.25) is 0 Å². The van der Waals surface area contributed by atoms with Gasteiger partial charge in [-0.3, -0.25) is 14.9 Å². The minimum Gasteiger partial charge on any atom is -0.489 e. The number of carbonyl (C=O) groups excluding carboxylic acids is 1. The number of benzene rings is 3. The lowest BCUT2D eigenvalue weighted by Gasteiger charge is -2.06. The first-order chi connectivity index (χ1) is 14.4. The van der Waals surface area contributed by atoms with Crippen molar-refractivity contribution in [3.05, 3.63) is 104 Å². The molecular weight excluding hydrogens is 429 g/mol. The smallest absolute Gasteiger partial charge is 0.288 e. The van der Waals surface area contributed by atoms with Gasteiger partial charge in [-0.05, 0) is 59.7 Å². The summed E-state index contributed by atoms with van der Waals surface area (Å²) in [6, 6.07) is 18.3. The zero-order valence-corrected chi connectivity index (χ0v) is 16.9. The molecule has 9 heteroatoms. The molecule has 0 aliphatic carbocycles. The molecule has 30 heavy (non-hydrogen) atoms. The maximum atomic E-state index is 12.1. The van der Waals surface area contributed by atoms with Crippen LogP contribution in [-0.2, 0) is 6.61 Å². The number of rotatable bonds is 7. The van der Waals surface area contributed by atoms with E-state index in [1.54, 1.807) is 36.4 Å². The Bertz CT molecular complexity index is 1080. The number of hydrogen-bond acceptors (Lipinski definition) is 5. The van der Waals surface area contributed by atoms with E-state index in [2.05, 4.69) is 10.5 Å². The number of nitrogens with one attached hydrogen (secondary N) is 1. The minimum atomic E-state index is -0.654. The average molecular weight is 444 g/mol. The standard InChI is InChI=1S/C21H15Cl2N3O4/c22-17-6-1-15(2-7-17)13-30-18-8-3-14(4-9-18)12-24-25-21(27)16-5-10-19(23)20(11-16)26(28)29/h1-12H,13H2,(H,25,27)/b24-12-. The Balaban J connectivity index is 1.55. The van der Waals surface area contributed by atoms with Crippen LogP contribution in [0.25, 0.3) is 0 Å². The predicted octanol–water partition coefficient (Wildman–Crippen LogP) is 5.24. The van der Waals surface area contributed by atoms with Crippen LogP contribution < -0.4 is 10.2 Å². The SMILES string of the molecule is O=C(N/N=C\c1ccc(OCc2ccc(Cl)cc2)cc1)c1ccc(Cl)c([N+](=O)[O-])c1. The fraction of sp³-hybridized carbons (Fsp3) is 0.0476. The van der Waals surface area contributed by atoms with Gasteiger partial charge in [0.15, 0.2) is 0 Å². The van der Waals surface area contributed by atoms with Crippen molar-refractivity contribution in [2.75, 3.05) is 0 Å². The first-order valence-corrected chi connectivity index (χ1v) is 9.42. The molecule has 0 atom stereocenters. The molecule has 0 spiro atoms. The van der Waals surface area contributed by atoms with Crippen molar-refractivity contribution < 1.29 is 14.5 Å². The van der Waals surface area contributed by atoms with Crippen molar-refractivity contribution in [1.29, 1.82) is 0 Å². The van der Waals surface area contributed by atoms with Crippen LogP contribution in [0.5, 0.6) is 5.75 Å². The quantitative estimate of drug-likeness (QED) is 0.306. The predicted molar refractivity (Wildman–Crippen MR) is 115 cm³/mol. The van der Waals surface area contributed by atoms with E-state index in [0.717, 1.165) is 17.2 Å². The topological polar surface area (TPSA) is 93.8 Å². The lowest BCUT2D eigenvalue weighted by Crippen LogP contribution is -2.17. The number of hydrazone groups is 1. The molecule has 1 N–H and O–H groups in total. The van der Waals surface area contributed by atoms with Gasteiger partial charge < -0.3 is 4.74 Å². The lowest BCUT2D eigenvalue weighted by molar-refractivity contribution is -0.384. The van der Waals surface area contributed by atoms with Gasteiger partial charge in [0.25, 0.3) is 11.6 Å². The summed E-state index contributed by atoms with van der Waals surface area (Å²) in [4.78, 5) is 22.4. The van der Waals surface area contributed by atoms with E-state index in [0.29, 0.717) is 17.4 Å². The zero-order chi connectivity index (χ0) is 21.5. The van der Waals surface area contributed by atoms with Crippen LogP contribution in [-0.4, -0.2) is 17.0 Å². The summed E-state index contributed by atoms with van der Waals surface area (Å²) in [7, 11) is 0. The summed E-state index contributed by atoms with van der Waals surface area (Å²) in [6.45, 7) is 0.411. The van der Waals surface area contributed by atoms with Gasteiger partial charge in [-0.1, -0.05) is 35.3 Å². The molecule has 3 aromatic carbocycles. The maximum absolute atomic E-state index is 12.1. The summed E-state index contributed by atoms with van der Waals surface area (Å²) < 4.78 is 5.70. The van der Waals surface area contributed by atoms with E-state index >= 15 is 0 Å². The largest absolute Gasteiger partial charge is 0.489 e. The van der Waals surface area contributed by atoms with Crippen molar-refractivity contribution in [2.24, 2.45) is 5.10 Å². The molecule has 0 saturated heterocycles. The number of nitrogens with zero attached hydrogens (tertiary/aromatic N) is 2. The monoisotopic (exact) mass is 443 g/mol. The van der Waals surface area contributed by atoms with E-state index in [9.17, 15) is 14.9 Å². The second-order valence-electron chi connectivity index (χ2n) is 6.11. The number of ether oxygens (including phenoxy) is 1. The molecule has 0 bridgehead atoms. The van der Waals surface area contributed by atoms with E-state index in [4.69, 9.17) is 27.9 Å². The third-order valence-corrected chi connectivity index (χ3v) is 4.56. The van der Waals surface area contributed by atoms with Gasteiger partial charge in [0.1, 0.15) is 17.4 Å². The van der Waals surface area contributed by atoms with Gasteiger partial charge in [0, 0.05) is 16.7 Å². The number of amides is 1. The third kappa shape index (κ3) is 5.79. The van der Waals surface area contributed by atoms with Crippen molar-refractivity contribution in [1.82, 2.24) is 5.43 Å². The number of halogens is 2. The van der Waals surface area contributed by atoms with Crippen LogP contribution in [0.15, 0.2) is 71.8 Å². The van der Waals surface area contributed by atoms with Crippen molar-refractivity contribution in [3.63, 3.8) is 0 Å². The number of nitro groups is 1. The van der Waals surface area contributed by atoms with Gasteiger partial charge in [0.05, 0.1) is 11.1 Å². The molecule has 7 nitrogen and oxygen atoms in total. The van der Waals surface area contributed by atoms with E-state index < -0.39 is 10.8 Å². The van der Waals surface area contributed by atoms with E-state index in [-0.39, 0.29) is 16.3 Å². The summed E-state index contributed by atoms with van der Waals surface area (Å²) >= 11 is 11.6. The molecule has 1 amide bonds. The molecule has 0 fully saturated rings. The molecule has 0 aliphatic heterocycles. The molecule has 0 aromatic heterocycles. The highest BCUT2D eigenvalue weighted by Gasteiger charge is 2.15. The van der Waals surface area contributed by atoms with Gasteiger partial charge >= 0.3 is 0 Å². The van der Waals surface area contributed by atoms with E-state index in [1.165, 1.54) is 18.3 Å². The second-order valence-corrected chi connectivity index (χ2v) is 6.95. The first kappa shape index (κ1) is 21.3. The van der Waals surface area contributed by atoms with Gasteiger partial charge in [-0.25, -0.2) is 5.43 Å². The minimum absolute atomic E-state index is 0.0431. The summed E-state index contributed by atoms with van der Waals surface area (Å²) in [5, 5.41) is 15.4. The Kier molecular flexibility index (Phi) is 7.00. The highest BCUT2D eigenvalue weighted by Crippen LogP contribution is 2.25. The Morgan fingerprint density at radius 3 is 2.43 bits per heavy atom. The molecule has 0 aliphatic rings. The lowest BCUT2D eigenvalue weighted by atomic mass is 10.2. The highest BCUT2D eigenvalue weighted by atomic mass is 35.5. The molecule has 0 radical (unpaired) electrons. The van der Waals surface area contributed by atoms with E-state index in [1.807, 2.05) is 12.1 Å². The normalized spacial score (nSPS) is 10.7. The van der Waals surface area contributed by atoms with Crippen LogP contribution in [0.3, 0.4) is 0 Å². The second kappa shape index (κ2) is 9.87. The molecule has 0 heterocycles. The van der Waals surface area contributed by atoms with Crippen LogP contribution in [0.4, 0.5) is 5.69 Å². The molecule has 0 saturated carbocycles. The molecule has 0 unspecified atom stereocenters. The number of carbonyl (C=O) groups is 1. The highest BCUT2D eigenvalue weighted by molar-refractivity contribution is 6.32. The number of nitro benzene ring substituents is 1. The molecule has 152 valence electrons. The van der Waals surface area contributed by atoms with Crippen LogP contribution >= 0.6 is 23.2 Å². The van der Waals surface area contributed by atoms with Gasteiger partial charge in [-0.15, -0.1) is 0 Å². The fourth-order valence-corrected chi connectivity index (χ4v) is 2.73. The molecule has 3 aromatic rings. The van der Waals surface area contributed by atoms with Crippen molar-refractivity contribution in [3.8, 4) is 5.75 Å². The van der Waals surface area contributed by atoms with Crippen LogP contribution in [0, 0.1) is 10.1 Å². The molecule has 3 rings (SSSR count). The van der Waals surface area contributed by atoms with Crippen molar-refractivity contribution in [2.45, 2.75) is 6.61 Å². The molecular formula is C21H15Cl2N3O4. The summed E-state index contributed by atoms with van der Waals surface area (Å²) in [6.07, 6.45) is 1.45. The maximum Gasteiger partial charge on any atom is 0.288 e. The fourth-order valence-electron chi connectivity index (χ4n) is 2.42. The zero-order valence-electron chi connectivity index (χ0n) is 15.4.